The first-order chi connectivity index (χ1) is 15.3. The Morgan fingerprint density at radius 1 is 0.969 bits per heavy atom. The number of amides is 1. The maximum Gasteiger partial charge on any atom is 0.237 e. The molecule has 2 aromatic carbocycles. The van der Waals surface area contributed by atoms with E-state index in [1.54, 1.807) is 0 Å². The van der Waals surface area contributed by atoms with Crippen molar-refractivity contribution in [2.75, 3.05) is 11.9 Å². The summed E-state index contributed by atoms with van der Waals surface area (Å²) >= 11 is 0. The Labute approximate surface area is 189 Å². The second-order valence-electron chi connectivity index (χ2n) is 9.95. The molecule has 0 saturated heterocycles. The molecule has 0 aliphatic heterocycles. The molecule has 1 fully saturated rings. The van der Waals surface area contributed by atoms with E-state index < -0.39 is 5.41 Å². The molecule has 0 radical (unpaired) electrons. The molecule has 5 rings (SSSR count). The number of unbranched alkanes of at least 4 members (excludes halogenated alkanes) is 1. The molecule has 166 valence electrons. The molecule has 2 aliphatic rings. The highest BCUT2D eigenvalue weighted by Crippen LogP contribution is 2.70. The predicted octanol–water partition coefficient (Wildman–Crippen LogP) is 5.78. The van der Waals surface area contributed by atoms with E-state index >= 15 is 0 Å². The number of rotatable bonds is 6. The fraction of sp³-hybridized carbons (Fsp3) is 0.444. The quantitative estimate of drug-likeness (QED) is 0.505. The number of carbonyl (C=O) groups excluding carboxylic acids is 1. The minimum absolute atomic E-state index is 0.00853. The topological polar surface area (TPSA) is 64.1 Å². The minimum Gasteiger partial charge on any atom is -0.494 e. The summed E-state index contributed by atoms with van der Waals surface area (Å²) in [5, 5.41) is 3.20. The van der Waals surface area contributed by atoms with E-state index in [1.165, 1.54) is 0 Å². The van der Waals surface area contributed by atoms with Crippen LogP contribution in [0.25, 0.3) is 11.0 Å². The van der Waals surface area contributed by atoms with Gasteiger partial charge in [0.15, 0.2) is 0 Å². The van der Waals surface area contributed by atoms with Gasteiger partial charge in [-0.15, -0.1) is 0 Å². The van der Waals surface area contributed by atoms with Crippen molar-refractivity contribution in [2.45, 2.75) is 64.2 Å². The lowest BCUT2D eigenvalue weighted by Gasteiger charge is -2.39. The van der Waals surface area contributed by atoms with Crippen LogP contribution in [0.2, 0.25) is 0 Å². The van der Waals surface area contributed by atoms with Crippen LogP contribution in [0.1, 0.15) is 64.8 Å². The summed E-state index contributed by atoms with van der Waals surface area (Å²) in [7, 11) is 0. The summed E-state index contributed by atoms with van der Waals surface area (Å²) in [6.07, 6.45) is 3.84. The minimum atomic E-state index is -0.704. The summed E-state index contributed by atoms with van der Waals surface area (Å²) < 4.78 is 5.76. The fourth-order valence-corrected chi connectivity index (χ4v) is 5.76. The van der Waals surface area contributed by atoms with Crippen LogP contribution in [0.3, 0.4) is 0 Å². The van der Waals surface area contributed by atoms with E-state index in [0.29, 0.717) is 6.61 Å². The summed E-state index contributed by atoms with van der Waals surface area (Å²) in [5.41, 5.74) is 3.17. The highest BCUT2D eigenvalue weighted by Gasteiger charge is 2.73. The van der Waals surface area contributed by atoms with Gasteiger partial charge in [-0.3, -0.25) is 4.79 Å². The second-order valence-corrected chi connectivity index (χ2v) is 9.95. The zero-order valence-corrected chi connectivity index (χ0v) is 19.4. The molecule has 1 saturated carbocycles. The molecular weight excluding hydrogens is 398 g/mol. The first-order valence-corrected chi connectivity index (χ1v) is 11.7. The molecule has 5 nitrogen and oxygen atoms in total. The second kappa shape index (κ2) is 7.29. The summed E-state index contributed by atoms with van der Waals surface area (Å²) in [6, 6.07) is 15.6. The van der Waals surface area contributed by atoms with Crippen molar-refractivity contribution in [3.05, 3.63) is 59.9 Å². The molecule has 2 bridgehead atoms. The number of hydrogen-bond acceptors (Lipinski definition) is 4. The van der Waals surface area contributed by atoms with Crippen molar-refractivity contribution in [2.24, 2.45) is 5.41 Å². The third kappa shape index (κ3) is 2.73. The number of hydrogen-bond donors (Lipinski definition) is 1. The van der Waals surface area contributed by atoms with Gasteiger partial charge in [0.25, 0.3) is 0 Å². The molecule has 2 aliphatic carbocycles. The fourth-order valence-electron chi connectivity index (χ4n) is 5.76. The van der Waals surface area contributed by atoms with E-state index in [2.05, 4.69) is 33.0 Å². The molecule has 32 heavy (non-hydrogen) atoms. The number of carbonyl (C=O) groups is 1. The molecular formula is C27H31N3O2. The molecule has 2 unspecified atom stereocenters. The number of ether oxygens (including phenoxy) is 1. The van der Waals surface area contributed by atoms with E-state index in [9.17, 15) is 4.79 Å². The smallest absolute Gasteiger partial charge is 0.237 e. The van der Waals surface area contributed by atoms with Gasteiger partial charge in [-0.25, -0.2) is 9.97 Å². The van der Waals surface area contributed by atoms with Crippen LogP contribution in [0.4, 0.5) is 5.69 Å². The molecule has 0 spiro atoms. The van der Waals surface area contributed by atoms with Gasteiger partial charge in [0.05, 0.1) is 34.4 Å². The lowest BCUT2D eigenvalue weighted by Crippen LogP contribution is -2.48. The number of para-hydroxylation sites is 2. The zero-order chi connectivity index (χ0) is 22.6. The van der Waals surface area contributed by atoms with E-state index in [4.69, 9.17) is 14.7 Å². The van der Waals surface area contributed by atoms with Gasteiger partial charge in [-0.1, -0.05) is 46.2 Å². The van der Waals surface area contributed by atoms with Crippen LogP contribution in [-0.2, 0) is 15.6 Å². The third-order valence-corrected chi connectivity index (χ3v) is 8.21. The first-order valence-electron chi connectivity index (χ1n) is 11.7. The van der Waals surface area contributed by atoms with Crippen LogP contribution in [0, 0.1) is 5.41 Å². The Bertz CT molecular complexity index is 1190. The van der Waals surface area contributed by atoms with Crippen LogP contribution >= 0.6 is 0 Å². The van der Waals surface area contributed by atoms with Crippen LogP contribution in [-0.4, -0.2) is 22.5 Å². The highest BCUT2D eigenvalue weighted by molar-refractivity contribution is 6.02. The number of nitrogens with one attached hydrogen (secondary N) is 1. The van der Waals surface area contributed by atoms with E-state index in [-0.39, 0.29) is 16.7 Å². The molecule has 2 atom stereocenters. The van der Waals surface area contributed by atoms with Crippen molar-refractivity contribution in [3.8, 4) is 5.75 Å². The third-order valence-electron chi connectivity index (χ3n) is 8.21. The number of fused-ring (bicyclic) bond motifs is 6. The maximum absolute atomic E-state index is 13.9. The van der Waals surface area contributed by atoms with Crippen molar-refractivity contribution < 1.29 is 9.53 Å². The van der Waals surface area contributed by atoms with Gasteiger partial charge in [0.1, 0.15) is 5.75 Å². The Kier molecular flexibility index (Phi) is 4.77. The molecule has 1 heterocycles. The Balaban J connectivity index is 1.50. The largest absolute Gasteiger partial charge is 0.494 e. The SMILES string of the molecule is CCCCOc1ccc(NC(=O)C23CCC(C)(c4nc5ccccc5nc42)C3(C)C)cc1. The van der Waals surface area contributed by atoms with Gasteiger partial charge in [0.2, 0.25) is 5.91 Å². The standard InChI is InChI=1S/C27H31N3O2/c1-5-6-17-32-19-13-11-18(12-14-19)28-24(31)27-16-15-26(4,25(27,2)3)22-23(27)30-21-10-8-7-9-20(21)29-22/h7-14H,5-6,15-17H2,1-4H3,(H,28,31). The van der Waals surface area contributed by atoms with Crippen molar-refractivity contribution in [3.63, 3.8) is 0 Å². The van der Waals surface area contributed by atoms with Gasteiger partial charge in [-0.2, -0.15) is 0 Å². The first kappa shape index (κ1) is 20.9. The van der Waals surface area contributed by atoms with Crippen LogP contribution in [0.5, 0.6) is 5.75 Å². The van der Waals surface area contributed by atoms with E-state index in [0.717, 1.165) is 59.5 Å². The number of aromatic nitrogens is 2. The zero-order valence-electron chi connectivity index (χ0n) is 19.4. The number of anilines is 1. The predicted molar refractivity (Wildman–Crippen MR) is 127 cm³/mol. The molecule has 1 N–H and O–H groups in total. The van der Waals surface area contributed by atoms with E-state index in [1.807, 2.05) is 48.5 Å². The molecule has 1 amide bonds. The summed E-state index contributed by atoms with van der Waals surface area (Å²) in [6.45, 7) is 9.52. The maximum atomic E-state index is 13.9. The normalized spacial score (nSPS) is 25.0. The van der Waals surface area contributed by atoms with Crippen molar-refractivity contribution in [1.82, 2.24) is 9.97 Å². The lowest BCUT2D eigenvalue weighted by molar-refractivity contribution is -0.125. The van der Waals surface area contributed by atoms with Crippen LogP contribution in [0.15, 0.2) is 48.5 Å². The van der Waals surface area contributed by atoms with Crippen LogP contribution < -0.4 is 10.1 Å². The summed E-state index contributed by atoms with van der Waals surface area (Å²) in [5.74, 6) is 0.834. The number of benzene rings is 2. The van der Waals surface area contributed by atoms with Gasteiger partial charge in [0, 0.05) is 11.1 Å². The lowest BCUT2D eigenvalue weighted by atomic mass is 9.63. The summed E-state index contributed by atoms with van der Waals surface area (Å²) in [4.78, 5) is 24.0. The van der Waals surface area contributed by atoms with Gasteiger partial charge in [-0.05, 0) is 61.1 Å². The average molecular weight is 430 g/mol. The molecule has 5 heteroatoms. The Hall–Kier alpha value is -2.95. The van der Waals surface area contributed by atoms with Crippen molar-refractivity contribution >= 4 is 22.6 Å². The van der Waals surface area contributed by atoms with Crippen molar-refractivity contribution in [1.29, 1.82) is 0 Å². The average Bonchev–Trinajstić information content (AvgIpc) is 3.09. The Morgan fingerprint density at radius 2 is 1.62 bits per heavy atom. The van der Waals surface area contributed by atoms with Gasteiger partial charge >= 0.3 is 0 Å². The number of nitrogens with zero attached hydrogens (tertiary/aromatic N) is 2. The Morgan fingerprint density at radius 3 is 2.28 bits per heavy atom. The van der Waals surface area contributed by atoms with Gasteiger partial charge < -0.3 is 10.1 Å². The molecule has 3 aromatic rings. The monoisotopic (exact) mass is 429 g/mol. The molecule has 1 aromatic heterocycles. The highest BCUT2D eigenvalue weighted by atomic mass is 16.5.